The van der Waals surface area contributed by atoms with Gasteiger partial charge in [0.2, 0.25) is 5.91 Å². The lowest BCUT2D eigenvalue weighted by atomic mass is 9.92. The molecule has 0 radical (unpaired) electrons. The molecule has 4 heterocycles. The summed E-state index contributed by atoms with van der Waals surface area (Å²) in [5.41, 5.74) is 3.23. The topological polar surface area (TPSA) is 57.0 Å². The summed E-state index contributed by atoms with van der Waals surface area (Å²) in [6.45, 7) is 8.07. The van der Waals surface area contributed by atoms with Crippen molar-refractivity contribution in [3.63, 3.8) is 0 Å². The third-order valence-electron chi connectivity index (χ3n) is 7.74. The van der Waals surface area contributed by atoms with Gasteiger partial charge in [-0.25, -0.2) is 0 Å². The Balaban J connectivity index is 1.21. The second kappa shape index (κ2) is 9.24. The lowest BCUT2D eigenvalue weighted by Crippen LogP contribution is -2.47. The van der Waals surface area contributed by atoms with E-state index >= 15 is 0 Å². The highest BCUT2D eigenvalue weighted by atomic mass is 16.3. The van der Waals surface area contributed by atoms with Crippen molar-refractivity contribution in [2.75, 3.05) is 31.1 Å². The highest BCUT2D eigenvalue weighted by Gasteiger charge is 2.34. The number of fused-ring (bicyclic) bond motifs is 1. The molecule has 2 aromatic rings. The van der Waals surface area contributed by atoms with Crippen molar-refractivity contribution < 1.29 is 14.0 Å². The van der Waals surface area contributed by atoms with Crippen molar-refractivity contribution in [2.24, 2.45) is 11.8 Å². The molecule has 2 amide bonds. The standard InChI is InChI=1S/C27H35N3O3/c1-19-6-5-12-29(17-19)26(31)21-9-13-28(14-10-21)27(32)23-11-15-33-25(23)18-30-20(2)16-22-7-3-4-8-24(22)30/h3-4,7-8,11,15,19-21H,5-6,9-10,12-14,16-18H2,1-2H3. The van der Waals surface area contributed by atoms with Crippen LogP contribution in [0.5, 0.6) is 0 Å². The van der Waals surface area contributed by atoms with Crippen LogP contribution < -0.4 is 4.90 Å². The molecule has 2 saturated heterocycles. The molecule has 2 atom stereocenters. The zero-order valence-electron chi connectivity index (χ0n) is 19.8. The van der Waals surface area contributed by atoms with Gasteiger partial charge < -0.3 is 19.1 Å². The van der Waals surface area contributed by atoms with Crippen LogP contribution in [0.25, 0.3) is 0 Å². The van der Waals surface area contributed by atoms with E-state index in [1.54, 1.807) is 12.3 Å². The normalized spacial score (nSPS) is 23.6. The van der Waals surface area contributed by atoms with E-state index in [1.807, 2.05) is 4.90 Å². The Morgan fingerprint density at radius 2 is 1.79 bits per heavy atom. The van der Waals surface area contributed by atoms with E-state index in [0.29, 0.717) is 43.1 Å². The molecule has 6 heteroatoms. The van der Waals surface area contributed by atoms with Crippen LogP contribution in [0, 0.1) is 11.8 Å². The van der Waals surface area contributed by atoms with Gasteiger partial charge in [-0.2, -0.15) is 0 Å². The molecular weight excluding hydrogens is 414 g/mol. The van der Waals surface area contributed by atoms with Crippen LogP contribution in [0.1, 0.15) is 61.2 Å². The summed E-state index contributed by atoms with van der Waals surface area (Å²) in [6, 6.07) is 10.6. The van der Waals surface area contributed by atoms with E-state index in [2.05, 4.69) is 47.9 Å². The molecule has 0 N–H and O–H groups in total. The predicted molar refractivity (Wildman–Crippen MR) is 128 cm³/mol. The molecule has 1 aromatic heterocycles. The van der Waals surface area contributed by atoms with E-state index in [9.17, 15) is 9.59 Å². The van der Waals surface area contributed by atoms with Gasteiger partial charge in [-0.05, 0) is 62.6 Å². The fraction of sp³-hybridized carbons (Fsp3) is 0.556. The van der Waals surface area contributed by atoms with E-state index in [4.69, 9.17) is 4.42 Å². The molecule has 1 aromatic carbocycles. The number of carbonyl (C=O) groups is 2. The van der Waals surface area contributed by atoms with Gasteiger partial charge in [0.25, 0.3) is 5.91 Å². The van der Waals surface area contributed by atoms with Gasteiger partial charge in [-0.15, -0.1) is 0 Å². The fourth-order valence-corrected chi connectivity index (χ4v) is 5.83. The quantitative estimate of drug-likeness (QED) is 0.697. The number of furan rings is 1. The molecule has 0 spiro atoms. The summed E-state index contributed by atoms with van der Waals surface area (Å²) >= 11 is 0. The third-order valence-corrected chi connectivity index (χ3v) is 7.74. The number of piperidine rings is 2. The number of carbonyl (C=O) groups excluding carboxylic acids is 2. The fourth-order valence-electron chi connectivity index (χ4n) is 5.83. The average Bonchev–Trinajstić information content (AvgIpc) is 3.42. The zero-order valence-corrected chi connectivity index (χ0v) is 19.8. The lowest BCUT2D eigenvalue weighted by Gasteiger charge is -2.37. The predicted octanol–water partition coefficient (Wildman–Crippen LogP) is 4.34. The van der Waals surface area contributed by atoms with E-state index in [0.717, 1.165) is 44.5 Å². The summed E-state index contributed by atoms with van der Waals surface area (Å²) in [5, 5.41) is 0. The highest BCUT2D eigenvalue weighted by molar-refractivity contribution is 5.95. The summed E-state index contributed by atoms with van der Waals surface area (Å²) < 4.78 is 5.80. The Morgan fingerprint density at radius 3 is 2.58 bits per heavy atom. The minimum Gasteiger partial charge on any atom is -0.467 e. The largest absolute Gasteiger partial charge is 0.467 e. The minimum absolute atomic E-state index is 0.0244. The van der Waals surface area contributed by atoms with Gasteiger partial charge in [0.15, 0.2) is 0 Å². The number of likely N-dealkylation sites (tertiary alicyclic amines) is 2. The van der Waals surface area contributed by atoms with E-state index in [-0.39, 0.29) is 11.8 Å². The van der Waals surface area contributed by atoms with Crippen LogP contribution in [0.4, 0.5) is 5.69 Å². The van der Waals surface area contributed by atoms with Gasteiger partial charge in [-0.3, -0.25) is 9.59 Å². The highest BCUT2D eigenvalue weighted by Crippen LogP contribution is 2.34. The Bertz CT molecular complexity index is 1010. The van der Waals surface area contributed by atoms with Crippen molar-refractivity contribution >= 4 is 17.5 Å². The first-order chi connectivity index (χ1) is 16.0. The van der Waals surface area contributed by atoms with Gasteiger partial charge in [0.05, 0.1) is 18.4 Å². The van der Waals surface area contributed by atoms with Crippen molar-refractivity contribution in [3.8, 4) is 0 Å². The monoisotopic (exact) mass is 449 g/mol. The SMILES string of the molecule is CC1CCCN(C(=O)C2CCN(C(=O)c3ccoc3CN3c4ccccc4CC3C)CC2)C1. The molecule has 3 aliphatic rings. The number of benzene rings is 1. The van der Waals surface area contributed by atoms with Crippen molar-refractivity contribution in [2.45, 2.75) is 58.5 Å². The van der Waals surface area contributed by atoms with Crippen molar-refractivity contribution in [1.82, 2.24) is 9.80 Å². The van der Waals surface area contributed by atoms with Gasteiger partial charge >= 0.3 is 0 Å². The molecule has 33 heavy (non-hydrogen) atoms. The van der Waals surface area contributed by atoms with Crippen molar-refractivity contribution in [3.05, 3.63) is 53.5 Å². The molecule has 2 unspecified atom stereocenters. The number of hydrogen-bond donors (Lipinski definition) is 0. The lowest BCUT2D eigenvalue weighted by molar-refractivity contribution is -0.138. The first-order valence-electron chi connectivity index (χ1n) is 12.5. The van der Waals surface area contributed by atoms with E-state index < -0.39 is 0 Å². The summed E-state index contributed by atoms with van der Waals surface area (Å²) in [7, 11) is 0. The molecule has 176 valence electrons. The van der Waals surface area contributed by atoms with E-state index in [1.165, 1.54) is 17.7 Å². The van der Waals surface area contributed by atoms with Crippen LogP contribution in [0.3, 0.4) is 0 Å². The smallest absolute Gasteiger partial charge is 0.257 e. The Kier molecular flexibility index (Phi) is 6.17. The second-order valence-electron chi connectivity index (χ2n) is 10.2. The van der Waals surface area contributed by atoms with Gasteiger partial charge in [0, 0.05) is 43.8 Å². The Morgan fingerprint density at radius 1 is 1.00 bits per heavy atom. The zero-order chi connectivity index (χ0) is 22.9. The molecule has 0 aliphatic carbocycles. The number of nitrogens with zero attached hydrogens (tertiary/aromatic N) is 3. The first-order valence-corrected chi connectivity index (χ1v) is 12.5. The first kappa shape index (κ1) is 22.1. The maximum absolute atomic E-state index is 13.4. The average molecular weight is 450 g/mol. The molecular formula is C27H35N3O3. The number of anilines is 1. The maximum Gasteiger partial charge on any atom is 0.257 e. The summed E-state index contributed by atoms with van der Waals surface area (Å²) in [5.74, 6) is 1.68. The minimum atomic E-state index is 0.0244. The summed E-state index contributed by atoms with van der Waals surface area (Å²) in [6.07, 6.45) is 6.46. The number of para-hydroxylation sites is 1. The molecule has 2 fully saturated rings. The Hall–Kier alpha value is -2.76. The van der Waals surface area contributed by atoms with Crippen LogP contribution in [0.2, 0.25) is 0 Å². The molecule has 5 rings (SSSR count). The van der Waals surface area contributed by atoms with Gasteiger partial charge in [-0.1, -0.05) is 25.1 Å². The maximum atomic E-state index is 13.4. The van der Waals surface area contributed by atoms with Crippen LogP contribution >= 0.6 is 0 Å². The third kappa shape index (κ3) is 4.40. The van der Waals surface area contributed by atoms with Crippen LogP contribution in [-0.4, -0.2) is 53.8 Å². The molecule has 0 saturated carbocycles. The number of hydrogen-bond acceptors (Lipinski definition) is 4. The van der Waals surface area contributed by atoms with Crippen molar-refractivity contribution in [1.29, 1.82) is 0 Å². The van der Waals surface area contributed by atoms with Gasteiger partial charge in [0.1, 0.15) is 5.76 Å². The molecule has 0 bridgehead atoms. The number of amides is 2. The van der Waals surface area contributed by atoms with Crippen LogP contribution in [-0.2, 0) is 17.8 Å². The Labute approximate surface area is 196 Å². The summed E-state index contributed by atoms with van der Waals surface area (Å²) in [4.78, 5) is 32.6. The second-order valence-corrected chi connectivity index (χ2v) is 10.2. The molecule has 3 aliphatic heterocycles. The number of rotatable bonds is 4. The molecule has 6 nitrogen and oxygen atoms in total. The van der Waals surface area contributed by atoms with Crippen LogP contribution in [0.15, 0.2) is 41.0 Å².